The average Bonchev–Trinajstić information content (AvgIpc) is 3.36. The number of amides is 2. The molecule has 0 saturated carbocycles. The Bertz CT molecular complexity index is 933. The number of hydrogen-bond donors (Lipinski definition) is 2. The van der Waals surface area contributed by atoms with Crippen LogP contribution in [0.1, 0.15) is 29.3 Å². The highest BCUT2D eigenvalue weighted by atomic mass is 35.5. The molecule has 0 saturated heterocycles. The zero-order valence-corrected chi connectivity index (χ0v) is 17.1. The molecule has 0 bridgehead atoms. The molecule has 1 aromatic carbocycles. The Morgan fingerprint density at radius 3 is 2.50 bits per heavy atom. The molecular weight excluding hydrogens is 396 g/mol. The van der Waals surface area contributed by atoms with Crippen molar-refractivity contribution in [2.75, 3.05) is 0 Å². The molecule has 2 aromatic heterocycles. The van der Waals surface area contributed by atoms with Crippen LogP contribution in [0.3, 0.4) is 0 Å². The maximum Gasteiger partial charge on any atom is 0.262 e. The first kappa shape index (κ1) is 20.2. The van der Waals surface area contributed by atoms with Crippen molar-refractivity contribution in [2.24, 2.45) is 5.92 Å². The van der Waals surface area contributed by atoms with Gasteiger partial charge in [-0.05, 0) is 53.8 Å². The van der Waals surface area contributed by atoms with E-state index in [0.717, 1.165) is 5.56 Å². The molecule has 28 heavy (non-hydrogen) atoms. The summed E-state index contributed by atoms with van der Waals surface area (Å²) in [6.07, 6.45) is 0. The van der Waals surface area contributed by atoms with Crippen LogP contribution in [0.5, 0.6) is 0 Å². The largest absolute Gasteiger partial charge is 0.459 e. The lowest BCUT2D eigenvalue weighted by molar-refractivity contribution is -0.124. The summed E-state index contributed by atoms with van der Waals surface area (Å²) in [7, 11) is 0. The molecule has 0 aliphatic carbocycles. The molecule has 3 rings (SSSR count). The van der Waals surface area contributed by atoms with Crippen molar-refractivity contribution in [3.05, 3.63) is 69.6 Å². The number of rotatable bonds is 7. The fourth-order valence-electron chi connectivity index (χ4n) is 2.68. The summed E-state index contributed by atoms with van der Waals surface area (Å²) in [5, 5.41) is 8.13. The van der Waals surface area contributed by atoms with E-state index in [1.165, 1.54) is 11.3 Å². The van der Waals surface area contributed by atoms with Crippen molar-refractivity contribution < 1.29 is 14.0 Å². The summed E-state index contributed by atoms with van der Waals surface area (Å²) in [4.78, 5) is 25.5. The second kappa shape index (κ2) is 9.08. The van der Waals surface area contributed by atoms with E-state index in [1.807, 2.05) is 43.5 Å². The number of nitrogens with one attached hydrogen (secondary N) is 2. The molecule has 0 fully saturated rings. The van der Waals surface area contributed by atoms with Crippen LogP contribution < -0.4 is 10.6 Å². The maximum absolute atomic E-state index is 12.6. The minimum absolute atomic E-state index is 0.0508. The van der Waals surface area contributed by atoms with Crippen molar-refractivity contribution in [3.8, 4) is 11.3 Å². The quantitative estimate of drug-likeness (QED) is 0.584. The molecule has 0 spiro atoms. The van der Waals surface area contributed by atoms with Crippen LogP contribution in [0.2, 0.25) is 5.02 Å². The molecule has 146 valence electrons. The Morgan fingerprint density at radius 2 is 1.86 bits per heavy atom. The number of hydrogen-bond acceptors (Lipinski definition) is 4. The summed E-state index contributed by atoms with van der Waals surface area (Å²) in [5.74, 6) is 0.791. The Labute approximate surface area is 172 Å². The van der Waals surface area contributed by atoms with E-state index in [0.29, 0.717) is 21.4 Å². The number of benzene rings is 1. The van der Waals surface area contributed by atoms with Crippen molar-refractivity contribution in [3.63, 3.8) is 0 Å². The van der Waals surface area contributed by atoms with Gasteiger partial charge in [-0.3, -0.25) is 9.59 Å². The summed E-state index contributed by atoms with van der Waals surface area (Å²) in [5.41, 5.74) is 0.908. The standard InChI is InChI=1S/C21H21ClN2O3S/c1-13(2)19(24-20(25)18-4-3-11-28-18)21(26)23-12-16-9-10-17(27-16)14-5-7-15(22)8-6-14/h3-11,13,19H,12H2,1-2H3,(H,23,26)(H,24,25). The van der Waals surface area contributed by atoms with Gasteiger partial charge in [0.15, 0.2) is 0 Å². The normalized spacial score (nSPS) is 12.0. The topological polar surface area (TPSA) is 71.3 Å². The lowest BCUT2D eigenvalue weighted by atomic mass is 10.0. The molecule has 2 N–H and O–H groups in total. The van der Waals surface area contributed by atoms with Gasteiger partial charge >= 0.3 is 0 Å². The molecule has 1 atom stereocenters. The SMILES string of the molecule is CC(C)C(NC(=O)c1cccs1)C(=O)NCc1ccc(-c2ccc(Cl)cc2)o1. The molecule has 1 unspecified atom stereocenters. The third-order valence-corrected chi connectivity index (χ3v) is 5.33. The van der Waals surface area contributed by atoms with Gasteiger partial charge in [-0.25, -0.2) is 0 Å². The molecular formula is C21H21ClN2O3S. The van der Waals surface area contributed by atoms with E-state index >= 15 is 0 Å². The molecule has 0 aliphatic heterocycles. The van der Waals surface area contributed by atoms with Gasteiger partial charge in [-0.15, -0.1) is 11.3 Å². The summed E-state index contributed by atoms with van der Waals surface area (Å²) >= 11 is 7.25. The van der Waals surface area contributed by atoms with Gasteiger partial charge in [0.25, 0.3) is 5.91 Å². The number of carbonyl (C=O) groups excluding carboxylic acids is 2. The number of halogens is 1. The highest BCUT2D eigenvalue weighted by molar-refractivity contribution is 7.12. The number of furan rings is 1. The van der Waals surface area contributed by atoms with Crippen LogP contribution >= 0.6 is 22.9 Å². The van der Waals surface area contributed by atoms with Gasteiger partial charge < -0.3 is 15.1 Å². The fraction of sp³-hybridized carbons (Fsp3) is 0.238. The minimum atomic E-state index is -0.625. The molecule has 5 nitrogen and oxygen atoms in total. The lowest BCUT2D eigenvalue weighted by Crippen LogP contribution is -2.49. The number of thiophene rings is 1. The predicted octanol–water partition coefficient (Wildman–Crippen LogP) is 4.73. The Morgan fingerprint density at radius 1 is 1.11 bits per heavy atom. The van der Waals surface area contributed by atoms with Gasteiger partial charge in [0.05, 0.1) is 11.4 Å². The van der Waals surface area contributed by atoms with Gasteiger partial charge in [0.1, 0.15) is 17.6 Å². The van der Waals surface area contributed by atoms with E-state index in [9.17, 15) is 9.59 Å². The zero-order valence-electron chi connectivity index (χ0n) is 15.6. The van der Waals surface area contributed by atoms with Crippen LogP contribution in [-0.2, 0) is 11.3 Å². The first-order valence-electron chi connectivity index (χ1n) is 8.91. The summed E-state index contributed by atoms with van der Waals surface area (Å²) in [6.45, 7) is 4.03. The molecule has 0 radical (unpaired) electrons. The monoisotopic (exact) mass is 416 g/mol. The second-order valence-electron chi connectivity index (χ2n) is 6.66. The van der Waals surface area contributed by atoms with E-state index < -0.39 is 6.04 Å². The zero-order chi connectivity index (χ0) is 20.1. The first-order chi connectivity index (χ1) is 13.4. The summed E-state index contributed by atoms with van der Waals surface area (Å²) < 4.78 is 5.80. The lowest BCUT2D eigenvalue weighted by Gasteiger charge is -2.21. The second-order valence-corrected chi connectivity index (χ2v) is 8.05. The van der Waals surface area contributed by atoms with E-state index in [-0.39, 0.29) is 24.3 Å². The van der Waals surface area contributed by atoms with Crippen molar-refractivity contribution in [2.45, 2.75) is 26.4 Å². The predicted molar refractivity (Wildman–Crippen MR) is 111 cm³/mol. The highest BCUT2D eigenvalue weighted by Gasteiger charge is 2.25. The van der Waals surface area contributed by atoms with Crippen molar-refractivity contribution in [1.29, 1.82) is 0 Å². The average molecular weight is 417 g/mol. The first-order valence-corrected chi connectivity index (χ1v) is 10.2. The van der Waals surface area contributed by atoms with Crippen molar-refractivity contribution >= 4 is 34.8 Å². The van der Waals surface area contributed by atoms with E-state index in [4.69, 9.17) is 16.0 Å². The Hall–Kier alpha value is -2.57. The van der Waals surface area contributed by atoms with Crippen LogP contribution in [0.25, 0.3) is 11.3 Å². The highest BCUT2D eigenvalue weighted by Crippen LogP contribution is 2.23. The molecule has 2 amide bonds. The van der Waals surface area contributed by atoms with Crippen LogP contribution in [-0.4, -0.2) is 17.9 Å². The van der Waals surface area contributed by atoms with Crippen LogP contribution in [0.4, 0.5) is 0 Å². The smallest absolute Gasteiger partial charge is 0.262 e. The Balaban J connectivity index is 1.60. The van der Waals surface area contributed by atoms with Gasteiger partial charge in [0, 0.05) is 10.6 Å². The molecule has 7 heteroatoms. The fourth-order valence-corrected chi connectivity index (χ4v) is 3.43. The minimum Gasteiger partial charge on any atom is -0.459 e. The van der Waals surface area contributed by atoms with Gasteiger partial charge in [0.2, 0.25) is 5.91 Å². The maximum atomic E-state index is 12.6. The third-order valence-electron chi connectivity index (χ3n) is 4.21. The van der Waals surface area contributed by atoms with E-state index in [1.54, 1.807) is 24.3 Å². The molecule has 3 aromatic rings. The molecule has 2 heterocycles. The van der Waals surface area contributed by atoms with Gasteiger partial charge in [-0.2, -0.15) is 0 Å². The van der Waals surface area contributed by atoms with E-state index in [2.05, 4.69) is 10.6 Å². The Kier molecular flexibility index (Phi) is 6.54. The summed E-state index contributed by atoms with van der Waals surface area (Å²) in [6, 6.07) is 13.9. The number of carbonyl (C=O) groups is 2. The van der Waals surface area contributed by atoms with Crippen LogP contribution in [0, 0.1) is 5.92 Å². The van der Waals surface area contributed by atoms with Gasteiger partial charge in [-0.1, -0.05) is 31.5 Å². The van der Waals surface area contributed by atoms with Crippen molar-refractivity contribution in [1.82, 2.24) is 10.6 Å². The third kappa shape index (κ3) is 5.03. The van der Waals surface area contributed by atoms with Crippen LogP contribution in [0.15, 0.2) is 58.3 Å². The molecule has 0 aliphatic rings.